The van der Waals surface area contributed by atoms with Crippen molar-refractivity contribution in [3.8, 4) is 11.3 Å². The van der Waals surface area contributed by atoms with Gasteiger partial charge in [-0.2, -0.15) is 0 Å². The smallest absolute Gasteiger partial charge is 0.0465 e. The van der Waals surface area contributed by atoms with Crippen LogP contribution in [0, 0.1) is 0 Å². The van der Waals surface area contributed by atoms with E-state index in [9.17, 15) is 0 Å². The van der Waals surface area contributed by atoms with E-state index < -0.39 is 0 Å². The van der Waals surface area contributed by atoms with Gasteiger partial charge >= 0.3 is 0 Å². The minimum Gasteiger partial charge on any atom is -0.355 e. The van der Waals surface area contributed by atoms with E-state index in [4.69, 9.17) is 0 Å². The molecule has 0 saturated heterocycles. The van der Waals surface area contributed by atoms with E-state index in [-0.39, 0.29) is 0 Å². The Hall–Kier alpha value is -3.06. The number of aromatic amines is 1. The molecule has 0 unspecified atom stereocenters. The molecule has 0 radical (unpaired) electrons. The number of hydrogen-bond donors (Lipinski definition) is 1. The summed E-state index contributed by atoms with van der Waals surface area (Å²) < 4.78 is 0. The molecule has 1 heteroatoms. The second-order valence-electron chi connectivity index (χ2n) is 5.96. The predicted octanol–water partition coefficient (Wildman–Crippen LogP) is 6.14. The average Bonchev–Trinajstić information content (AvgIpc) is 3.07. The molecule has 0 aliphatic heterocycles. The summed E-state index contributed by atoms with van der Waals surface area (Å²) >= 11 is 0. The maximum absolute atomic E-state index is 3.55. The normalized spacial score (nSPS) is 11.5. The van der Waals surface area contributed by atoms with Crippen molar-refractivity contribution >= 4 is 32.4 Å². The van der Waals surface area contributed by atoms with Gasteiger partial charge in [-0.15, -0.1) is 0 Å². The molecule has 1 nitrogen and oxygen atoms in total. The molecule has 108 valence electrons. The zero-order valence-corrected chi connectivity index (χ0v) is 12.6. The number of H-pyrrole nitrogens is 1. The Kier molecular flexibility index (Phi) is 2.56. The van der Waals surface area contributed by atoms with E-state index in [0.29, 0.717) is 0 Å². The van der Waals surface area contributed by atoms with Crippen molar-refractivity contribution in [3.05, 3.63) is 84.9 Å². The maximum atomic E-state index is 3.55. The van der Waals surface area contributed by atoms with Gasteiger partial charge in [0.1, 0.15) is 0 Å². The van der Waals surface area contributed by atoms with Crippen molar-refractivity contribution in [3.63, 3.8) is 0 Å². The average molecular weight is 293 g/mol. The van der Waals surface area contributed by atoms with E-state index in [2.05, 4.69) is 83.8 Å². The molecule has 0 aliphatic carbocycles. The van der Waals surface area contributed by atoms with Gasteiger partial charge in [-0.05, 0) is 39.2 Å². The SMILES string of the molecule is c1ccc(-c2cc3c(ccc4c5ccccc5ccc34)[nH]2)cc1. The van der Waals surface area contributed by atoms with Gasteiger partial charge in [0.05, 0.1) is 0 Å². The number of benzene rings is 4. The molecule has 0 saturated carbocycles. The molecule has 1 aromatic heterocycles. The van der Waals surface area contributed by atoms with Crippen LogP contribution in [0.3, 0.4) is 0 Å². The summed E-state index contributed by atoms with van der Waals surface area (Å²) in [6.07, 6.45) is 0. The first-order chi connectivity index (χ1) is 11.4. The molecular formula is C22H15N. The van der Waals surface area contributed by atoms with Gasteiger partial charge in [0.2, 0.25) is 0 Å². The largest absolute Gasteiger partial charge is 0.355 e. The van der Waals surface area contributed by atoms with E-state index in [1.165, 1.54) is 43.7 Å². The van der Waals surface area contributed by atoms with Crippen LogP contribution in [0.25, 0.3) is 43.7 Å². The molecule has 4 aromatic carbocycles. The Morgan fingerprint density at radius 3 is 2.17 bits per heavy atom. The van der Waals surface area contributed by atoms with Crippen molar-refractivity contribution in [2.75, 3.05) is 0 Å². The number of nitrogens with one attached hydrogen (secondary N) is 1. The lowest BCUT2D eigenvalue weighted by Gasteiger charge is -2.04. The molecule has 5 rings (SSSR count). The summed E-state index contributed by atoms with van der Waals surface area (Å²) in [5.41, 5.74) is 3.57. The molecule has 0 bridgehead atoms. The Labute approximate surface area is 134 Å². The zero-order chi connectivity index (χ0) is 15.2. The van der Waals surface area contributed by atoms with Gasteiger partial charge < -0.3 is 4.98 Å². The lowest BCUT2D eigenvalue weighted by molar-refractivity contribution is 1.45. The molecular weight excluding hydrogens is 278 g/mol. The second-order valence-corrected chi connectivity index (χ2v) is 5.96. The lowest BCUT2D eigenvalue weighted by atomic mass is 9.99. The fourth-order valence-electron chi connectivity index (χ4n) is 3.47. The minimum atomic E-state index is 1.17. The first kappa shape index (κ1) is 12.5. The molecule has 0 spiro atoms. The van der Waals surface area contributed by atoms with Crippen LogP contribution >= 0.6 is 0 Å². The maximum Gasteiger partial charge on any atom is 0.0465 e. The number of rotatable bonds is 1. The van der Waals surface area contributed by atoms with Crippen LogP contribution in [-0.4, -0.2) is 4.98 Å². The van der Waals surface area contributed by atoms with Crippen molar-refractivity contribution < 1.29 is 0 Å². The van der Waals surface area contributed by atoms with Gasteiger partial charge in [0.15, 0.2) is 0 Å². The van der Waals surface area contributed by atoms with Gasteiger partial charge in [0.25, 0.3) is 0 Å². The summed E-state index contributed by atoms with van der Waals surface area (Å²) in [7, 11) is 0. The van der Waals surface area contributed by atoms with Gasteiger partial charge in [-0.1, -0.05) is 72.8 Å². The van der Waals surface area contributed by atoms with Crippen molar-refractivity contribution in [2.45, 2.75) is 0 Å². The van der Waals surface area contributed by atoms with Gasteiger partial charge in [-0.3, -0.25) is 0 Å². The fourth-order valence-corrected chi connectivity index (χ4v) is 3.47. The van der Waals surface area contributed by atoms with Crippen LogP contribution in [0.15, 0.2) is 84.9 Å². The lowest BCUT2D eigenvalue weighted by Crippen LogP contribution is -1.78. The number of fused-ring (bicyclic) bond motifs is 5. The highest BCUT2D eigenvalue weighted by Gasteiger charge is 2.08. The summed E-state index contributed by atoms with van der Waals surface area (Å²) in [5, 5.41) is 6.51. The third kappa shape index (κ3) is 1.87. The quantitative estimate of drug-likeness (QED) is 0.357. The molecule has 0 atom stereocenters. The highest BCUT2D eigenvalue weighted by molar-refractivity contribution is 6.17. The Balaban J connectivity index is 1.86. The summed E-state index contributed by atoms with van der Waals surface area (Å²) in [6.45, 7) is 0. The first-order valence-electron chi connectivity index (χ1n) is 7.89. The van der Waals surface area contributed by atoms with Crippen LogP contribution in [0.5, 0.6) is 0 Å². The third-order valence-electron chi connectivity index (χ3n) is 4.61. The monoisotopic (exact) mass is 293 g/mol. The Bertz CT molecular complexity index is 1150. The summed E-state index contributed by atoms with van der Waals surface area (Å²) in [4.78, 5) is 3.55. The van der Waals surface area contributed by atoms with Crippen LogP contribution in [0.4, 0.5) is 0 Å². The number of hydrogen-bond acceptors (Lipinski definition) is 0. The Morgan fingerprint density at radius 2 is 1.26 bits per heavy atom. The van der Waals surface area contributed by atoms with Crippen LogP contribution in [0.2, 0.25) is 0 Å². The standard InChI is InChI=1S/C22H15N/c1-2-7-16(8-3-1)22-14-20-19-11-10-15-6-4-5-9-17(15)18(19)12-13-21(20)23-22/h1-14,23H. The van der Waals surface area contributed by atoms with Gasteiger partial charge in [0, 0.05) is 16.6 Å². The van der Waals surface area contributed by atoms with Gasteiger partial charge in [-0.25, -0.2) is 0 Å². The highest BCUT2D eigenvalue weighted by atomic mass is 14.7. The molecule has 5 aromatic rings. The second kappa shape index (κ2) is 4.72. The molecule has 1 heterocycles. The van der Waals surface area contributed by atoms with E-state index in [1.54, 1.807) is 0 Å². The first-order valence-corrected chi connectivity index (χ1v) is 7.89. The number of aromatic nitrogens is 1. The molecule has 0 fully saturated rings. The van der Waals surface area contributed by atoms with Crippen LogP contribution in [0.1, 0.15) is 0 Å². The summed E-state index contributed by atoms with van der Waals surface area (Å²) in [5.74, 6) is 0. The van der Waals surface area contributed by atoms with E-state index in [0.717, 1.165) is 0 Å². The topological polar surface area (TPSA) is 15.8 Å². The fraction of sp³-hybridized carbons (Fsp3) is 0. The molecule has 23 heavy (non-hydrogen) atoms. The van der Waals surface area contributed by atoms with Crippen LogP contribution < -0.4 is 0 Å². The predicted molar refractivity (Wildman–Crippen MR) is 98.7 cm³/mol. The third-order valence-corrected chi connectivity index (χ3v) is 4.61. The van der Waals surface area contributed by atoms with Crippen molar-refractivity contribution in [1.82, 2.24) is 4.98 Å². The van der Waals surface area contributed by atoms with E-state index >= 15 is 0 Å². The molecule has 0 amide bonds. The van der Waals surface area contributed by atoms with Crippen molar-refractivity contribution in [2.24, 2.45) is 0 Å². The Morgan fingerprint density at radius 1 is 0.522 bits per heavy atom. The summed E-state index contributed by atoms with van der Waals surface area (Å²) in [6, 6.07) is 30.2. The van der Waals surface area contributed by atoms with E-state index in [1.807, 2.05) is 6.07 Å². The molecule has 1 N–H and O–H groups in total. The zero-order valence-electron chi connectivity index (χ0n) is 12.6. The molecule has 0 aliphatic rings. The highest BCUT2D eigenvalue weighted by Crippen LogP contribution is 2.33. The van der Waals surface area contributed by atoms with Crippen molar-refractivity contribution in [1.29, 1.82) is 0 Å². The van der Waals surface area contributed by atoms with Crippen LogP contribution in [-0.2, 0) is 0 Å². The minimum absolute atomic E-state index is 1.17.